The first-order valence-corrected chi connectivity index (χ1v) is 9.55. The summed E-state index contributed by atoms with van der Waals surface area (Å²) >= 11 is 0. The summed E-state index contributed by atoms with van der Waals surface area (Å²) in [5, 5.41) is 3.08. The van der Waals surface area contributed by atoms with E-state index < -0.39 is 10.0 Å². The van der Waals surface area contributed by atoms with Crippen molar-refractivity contribution in [1.82, 2.24) is 14.7 Å². The molecule has 2 rings (SSSR count). The van der Waals surface area contributed by atoms with E-state index in [1.165, 1.54) is 19.1 Å². The van der Waals surface area contributed by atoms with Crippen molar-refractivity contribution in [3.8, 4) is 0 Å². The van der Waals surface area contributed by atoms with Gasteiger partial charge in [-0.3, -0.25) is 4.79 Å². The molecule has 0 atom stereocenters. The third-order valence-electron chi connectivity index (χ3n) is 3.56. The maximum absolute atomic E-state index is 12.3. The van der Waals surface area contributed by atoms with Crippen LogP contribution in [0.25, 0.3) is 0 Å². The average molecular weight is 377 g/mol. The first-order chi connectivity index (χ1) is 12.2. The van der Waals surface area contributed by atoms with Crippen LogP contribution in [0.4, 0.5) is 11.6 Å². The number of ketones is 1. The molecule has 0 amide bonds. The molecule has 0 saturated heterocycles. The van der Waals surface area contributed by atoms with Crippen molar-refractivity contribution in [3.63, 3.8) is 0 Å². The molecule has 1 heterocycles. The Morgan fingerprint density at radius 3 is 2.54 bits per heavy atom. The molecule has 0 aliphatic heterocycles. The van der Waals surface area contributed by atoms with Crippen molar-refractivity contribution in [3.05, 3.63) is 41.7 Å². The summed E-state index contributed by atoms with van der Waals surface area (Å²) in [5.41, 5.74) is 0.360. The number of sulfonamides is 1. The van der Waals surface area contributed by atoms with Gasteiger partial charge in [0.1, 0.15) is 17.5 Å². The molecule has 0 radical (unpaired) electrons. The molecule has 1 aromatic carbocycles. The third kappa shape index (κ3) is 5.24. The standard InChI is InChI=1S/C17H23N5O3S/c1-12(23)14-6-5-7-15(10-14)26(24,25)19-9-8-18-16-11-17(22(3)4)21-13(2)20-16/h5-7,10-11,19H,8-9H2,1-4H3,(H,18,20,21). The zero-order valence-corrected chi connectivity index (χ0v) is 16.1. The molecule has 0 aliphatic rings. The van der Waals surface area contributed by atoms with Gasteiger partial charge in [0.25, 0.3) is 0 Å². The van der Waals surface area contributed by atoms with Crippen LogP contribution < -0.4 is 14.9 Å². The van der Waals surface area contributed by atoms with Gasteiger partial charge >= 0.3 is 0 Å². The minimum absolute atomic E-state index is 0.0676. The van der Waals surface area contributed by atoms with Gasteiger partial charge in [0.2, 0.25) is 10.0 Å². The van der Waals surface area contributed by atoms with Crippen LogP contribution in [0.1, 0.15) is 23.1 Å². The van der Waals surface area contributed by atoms with E-state index in [0.717, 1.165) is 5.82 Å². The van der Waals surface area contributed by atoms with Gasteiger partial charge in [0.15, 0.2) is 5.78 Å². The van der Waals surface area contributed by atoms with E-state index in [2.05, 4.69) is 20.0 Å². The van der Waals surface area contributed by atoms with Crippen molar-refractivity contribution in [2.45, 2.75) is 18.7 Å². The first kappa shape index (κ1) is 19.8. The van der Waals surface area contributed by atoms with E-state index in [9.17, 15) is 13.2 Å². The fourth-order valence-corrected chi connectivity index (χ4v) is 3.29. The molecule has 0 saturated carbocycles. The second kappa shape index (κ2) is 8.24. The van der Waals surface area contributed by atoms with Crippen LogP contribution in [0.2, 0.25) is 0 Å². The lowest BCUT2D eigenvalue weighted by molar-refractivity contribution is 0.101. The number of rotatable bonds is 8. The molecule has 26 heavy (non-hydrogen) atoms. The van der Waals surface area contributed by atoms with Gasteiger partial charge in [-0.2, -0.15) is 0 Å². The Balaban J connectivity index is 1.97. The van der Waals surface area contributed by atoms with Gasteiger partial charge in [-0.15, -0.1) is 0 Å². The van der Waals surface area contributed by atoms with E-state index >= 15 is 0 Å². The van der Waals surface area contributed by atoms with E-state index in [1.807, 2.05) is 19.0 Å². The molecule has 2 N–H and O–H groups in total. The normalized spacial score (nSPS) is 11.2. The topological polar surface area (TPSA) is 104 Å². The number of nitrogens with zero attached hydrogens (tertiary/aromatic N) is 3. The Hall–Kier alpha value is -2.52. The fourth-order valence-electron chi connectivity index (χ4n) is 2.21. The van der Waals surface area contributed by atoms with Crippen LogP contribution in [0.15, 0.2) is 35.2 Å². The van der Waals surface area contributed by atoms with Gasteiger partial charge in [0.05, 0.1) is 4.90 Å². The zero-order chi connectivity index (χ0) is 19.3. The maximum Gasteiger partial charge on any atom is 0.240 e. The largest absolute Gasteiger partial charge is 0.369 e. The Morgan fingerprint density at radius 2 is 1.88 bits per heavy atom. The maximum atomic E-state index is 12.3. The van der Waals surface area contributed by atoms with E-state index in [4.69, 9.17) is 0 Å². The fraction of sp³-hybridized carbons (Fsp3) is 0.353. The molecule has 140 valence electrons. The predicted octanol–water partition coefficient (Wildman–Crippen LogP) is 1.44. The number of carbonyl (C=O) groups is 1. The highest BCUT2D eigenvalue weighted by Crippen LogP contribution is 2.14. The van der Waals surface area contributed by atoms with Crippen LogP contribution in [0.5, 0.6) is 0 Å². The second-order valence-corrected chi connectivity index (χ2v) is 7.73. The number of Topliss-reactive ketones (excluding diaryl/α,β-unsaturated/α-hetero) is 1. The number of hydrogen-bond donors (Lipinski definition) is 2. The third-order valence-corrected chi connectivity index (χ3v) is 5.02. The molecule has 1 aromatic heterocycles. The lowest BCUT2D eigenvalue weighted by atomic mass is 10.2. The molecule has 8 nitrogen and oxygen atoms in total. The Bertz CT molecular complexity index is 897. The van der Waals surface area contributed by atoms with Gasteiger partial charge < -0.3 is 10.2 Å². The van der Waals surface area contributed by atoms with E-state index in [-0.39, 0.29) is 17.2 Å². The average Bonchev–Trinajstić information content (AvgIpc) is 2.58. The summed E-state index contributed by atoms with van der Waals surface area (Å²) in [6, 6.07) is 7.76. The highest BCUT2D eigenvalue weighted by molar-refractivity contribution is 7.89. The minimum Gasteiger partial charge on any atom is -0.369 e. The van der Waals surface area contributed by atoms with Crippen LogP contribution in [0, 0.1) is 6.92 Å². The van der Waals surface area contributed by atoms with Crippen molar-refractivity contribution in [2.24, 2.45) is 0 Å². The summed E-state index contributed by atoms with van der Waals surface area (Å²) in [6.45, 7) is 3.72. The van der Waals surface area contributed by atoms with Crippen LogP contribution in [-0.4, -0.2) is 51.4 Å². The molecule has 0 spiro atoms. The molecule has 0 aliphatic carbocycles. The summed E-state index contributed by atoms with van der Waals surface area (Å²) in [7, 11) is 0.0838. The van der Waals surface area contributed by atoms with Gasteiger partial charge in [0, 0.05) is 38.8 Å². The number of aryl methyl sites for hydroxylation is 1. The van der Waals surface area contributed by atoms with Gasteiger partial charge in [-0.05, 0) is 26.0 Å². The van der Waals surface area contributed by atoms with Gasteiger partial charge in [-0.25, -0.2) is 23.1 Å². The summed E-state index contributed by atoms with van der Waals surface area (Å²) in [5.74, 6) is 1.83. The number of anilines is 2. The van der Waals surface area contributed by atoms with Crippen molar-refractivity contribution in [2.75, 3.05) is 37.4 Å². The summed E-state index contributed by atoms with van der Waals surface area (Å²) in [6.07, 6.45) is 0. The first-order valence-electron chi connectivity index (χ1n) is 8.06. The molecule has 0 fully saturated rings. The molecular formula is C17H23N5O3S. The zero-order valence-electron chi connectivity index (χ0n) is 15.3. The number of carbonyl (C=O) groups excluding carboxylic acids is 1. The summed E-state index contributed by atoms with van der Waals surface area (Å²) < 4.78 is 27.2. The highest BCUT2D eigenvalue weighted by atomic mass is 32.2. The SMILES string of the molecule is CC(=O)c1cccc(S(=O)(=O)NCCNc2cc(N(C)C)nc(C)n2)c1. The van der Waals surface area contributed by atoms with Crippen LogP contribution in [-0.2, 0) is 10.0 Å². The van der Waals surface area contributed by atoms with Crippen molar-refractivity contribution >= 4 is 27.4 Å². The van der Waals surface area contributed by atoms with Crippen LogP contribution >= 0.6 is 0 Å². The number of nitrogens with one attached hydrogen (secondary N) is 2. The lowest BCUT2D eigenvalue weighted by Gasteiger charge is -2.14. The molecule has 0 unspecified atom stereocenters. The molecular weight excluding hydrogens is 354 g/mol. The minimum atomic E-state index is -3.68. The predicted molar refractivity (Wildman–Crippen MR) is 101 cm³/mol. The molecule has 0 bridgehead atoms. The summed E-state index contributed by atoms with van der Waals surface area (Å²) in [4.78, 5) is 21.9. The van der Waals surface area contributed by atoms with Crippen molar-refractivity contribution < 1.29 is 13.2 Å². The Morgan fingerprint density at radius 1 is 1.15 bits per heavy atom. The number of aromatic nitrogens is 2. The monoisotopic (exact) mass is 377 g/mol. The molecule has 2 aromatic rings. The smallest absolute Gasteiger partial charge is 0.240 e. The number of benzene rings is 1. The Labute approximate surface area is 153 Å². The van der Waals surface area contributed by atoms with Crippen LogP contribution in [0.3, 0.4) is 0 Å². The van der Waals surface area contributed by atoms with E-state index in [1.54, 1.807) is 25.1 Å². The van der Waals surface area contributed by atoms with Gasteiger partial charge in [-0.1, -0.05) is 12.1 Å². The quantitative estimate of drug-likeness (QED) is 0.530. The highest BCUT2D eigenvalue weighted by Gasteiger charge is 2.14. The van der Waals surface area contributed by atoms with Crippen molar-refractivity contribution in [1.29, 1.82) is 0 Å². The second-order valence-electron chi connectivity index (χ2n) is 5.96. The number of hydrogen-bond acceptors (Lipinski definition) is 7. The lowest BCUT2D eigenvalue weighted by Crippen LogP contribution is -2.29. The molecule has 9 heteroatoms. The van der Waals surface area contributed by atoms with E-state index in [0.29, 0.717) is 23.8 Å². The Kier molecular flexibility index (Phi) is 6.27.